The first-order chi connectivity index (χ1) is 17.8. The monoisotopic (exact) mass is 520 g/mol. The van der Waals surface area contributed by atoms with Crippen LogP contribution in [0.5, 0.6) is 23.0 Å². The number of rotatable bonds is 4. The molecule has 0 saturated carbocycles. The quantitative estimate of drug-likeness (QED) is 0.503. The Morgan fingerprint density at radius 1 is 1.14 bits per heavy atom. The molecule has 0 radical (unpaired) electrons. The van der Waals surface area contributed by atoms with Crippen molar-refractivity contribution < 1.29 is 29.0 Å². The highest BCUT2D eigenvalue weighted by Crippen LogP contribution is 2.40. The standard InChI is InChI=1S/C28H28N2O6S/c1-16(31)26-10-18(15-37-26)11-28(34)30-13-20-19-5-7-23(35-2)25(12-19)36-24-9-17(3-6-22(24)32)4-8-27(33)29-21(20)14-30/h3,5-7,9-10,12,15,20-21,32H,4,8,11,13-14H2,1-2H3,(H,29,33)/t20-,21+/m0/s1. The van der Waals surface area contributed by atoms with Crippen LogP contribution in [0.2, 0.25) is 0 Å². The van der Waals surface area contributed by atoms with Crippen molar-refractivity contribution in [3.05, 3.63) is 69.4 Å². The maximum atomic E-state index is 13.2. The van der Waals surface area contributed by atoms with Crippen molar-refractivity contribution in [1.82, 2.24) is 10.2 Å². The van der Waals surface area contributed by atoms with Crippen LogP contribution < -0.4 is 14.8 Å². The Morgan fingerprint density at radius 2 is 1.97 bits per heavy atom. The predicted octanol–water partition coefficient (Wildman–Crippen LogP) is 4.06. The summed E-state index contributed by atoms with van der Waals surface area (Å²) in [6.45, 7) is 2.33. The second kappa shape index (κ2) is 10.3. The lowest BCUT2D eigenvalue weighted by atomic mass is 9.93. The van der Waals surface area contributed by atoms with E-state index >= 15 is 0 Å². The number of likely N-dealkylation sites (tertiary alicyclic amines) is 1. The van der Waals surface area contributed by atoms with Crippen LogP contribution >= 0.6 is 11.3 Å². The number of Topliss-reactive ketones (excluding diaryl/α,β-unsaturated/α-hetero) is 1. The second-order valence-corrected chi connectivity index (χ2v) is 10.4. The van der Waals surface area contributed by atoms with E-state index in [1.165, 1.54) is 18.3 Å². The second-order valence-electron chi connectivity index (χ2n) is 9.45. The number of carbonyl (C=O) groups is 3. The van der Waals surface area contributed by atoms with Crippen molar-refractivity contribution in [3.63, 3.8) is 0 Å². The molecule has 9 heteroatoms. The van der Waals surface area contributed by atoms with Crippen molar-refractivity contribution in [3.8, 4) is 23.0 Å². The van der Waals surface area contributed by atoms with E-state index in [9.17, 15) is 19.5 Å². The zero-order valence-corrected chi connectivity index (χ0v) is 21.5. The van der Waals surface area contributed by atoms with E-state index in [-0.39, 0.29) is 53.9 Å². The van der Waals surface area contributed by atoms with E-state index in [1.807, 2.05) is 17.5 Å². The van der Waals surface area contributed by atoms with Gasteiger partial charge in [-0.25, -0.2) is 0 Å². The van der Waals surface area contributed by atoms with E-state index in [4.69, 9.17) is 9.47 Å². The fraction of sp³-hybridized carbons (Fsp3) is 0.321. The number of phenolic OH excluding ortho intramolecular Hbond substituents is 1. The number of aryl methyl sites for hydroxylation is 1. The largest absolute Gasteiger partial charge is 0.504 e. The molecule has 5 rings (SSSR count). The van der Waals surface area contributed by atoms with Crippen molar-refractivity contribution in [2.24, 2.45) is 0 Å². The molecule has 3 heterocycles. The van der Waals surface area contributed by atoms with E-state index in [0.717, 1.165) is 16.7 Å². The zero-order chi connectivity index (χ0) is 26.1. The molecule has 0 spiro atoms. The van der Waals surface area contributed by atoms with Crippen LogP contribution in [0.3, 0.4) is 0 Å². The van der Waals surface area contributed by atoms with Gasteiger partial charge in [0.25, 0.3) is 0 Å². The fourth-order valence-corrected chi connectivity index (χ4v) is 5.70. The summed E-state index contributed by atoms with van der Waals surface area (Å²) in [7, 11) is 1.55. The fourth-order valence-electron chi connectivity index (χ4n) is 4.89. The van der Waals surface area contributed by atoms with Gasteiger partial charge in [0.15, 0.2) is 28.8 Å². The summed E-state index contributed by atoms with van der Waals surface area (Å²) in [5, 5.41) is 15.4. The lowest BCUT2D eigenvalue weighted by molar-refractivity contribution is -0.130. The zero-order valence-electron chi connectivity index (χ0n) is 20.7. The molecule has 2 amide bonds. The number of ether oxygens (including phenoxy) is 2. The predicted molar refractivity (Wildman–Crippen MR) is 139 cm³/mol. The van der Waals surface area contributed by atoms with Crippen LogP contribution in [-0.2, 0) is 22.4 Å². The topological polar surface area (TPSA) is 105 Å². The molecule has 2 N–H and O–H groups in total. The van der Waals surface area contributed by atoms with Crippen molar-refractivity contribution in [2.45, 2.75) is 38.1 Å². The van der Waals surface area contributed by atoms with Crippen molar-refractivity contribution in [2.75, 3.05) is 20.2 Å². The van der Waals surface area contributed by atoms with E-state index in [2.05, 4.69) is 5.32 Å². The number of phenols is 1. The Hall–Kier alpha value is -3.85. The molecule has 2 aliphatic rings. The number of carbonyl (C=O) groups excluding carboxylic acids is 3. The molecule has 0 unspecified atom stereocenters. The molecule has 2 aromatic carbocycles. The number of aromatic hydroxyl groups is 1. The van der Waals surface area contributed by atoms with Crippen LogP contribution in [0.1, 0.15) is 45.6 Å². The first-order valence-corrected chi connectivity index (χ1v) is 13.0. The minimum absolute atomic E-state index is 0.00703. The van der Waals surface area contributed by atoms with Crippen molar-refractivity contribution >= 4 is 28.9 Å². The smallest absolute Gasteiger partial charge is 0.227 e. The molecule has 1 saturated heterocycles. The van der Waals surface area contributed by atoms with Crippen molar-refractivity contribution in [1.29, 1.82) is 0 Å². The number of hydrogen-bond acceptors (Lipinski definition) is 7. The molecular weight excluding hydrogens is 492 g/mol. The van der Waals surface area contributed by atoms with Crippen LogP contribution in [0.25, 0.3) is 0 Å². The third-order valence-electron chi connectivity index (χ3n) is 6.88. The number of fused-ring (bicyclic) bond motifs is 6. The number of ketones is 1. The first kappa shape index (κ1) is 24.8. The number of thiophene rings is 1. The third-order valence-corrected chi connectivity index (χ3v) is 7.96. The highest BCUT2D eigenvalue weighted by Gasteiger charge is 2.37. The molecule has 1 fully saturated rings. The maximum absolute atomic E-state index is 13.2. The molecule has 192 valence electrons. The van der Waals surface area contributed by atoms with Gasteiger partial charge in [0.2, 0.25) is 11.8 Å². The summed E-state index contributed by atoms with van der Waals surface area (Å²) < 4.78 is 11.6. The molecule has 37 heavy (non-hydrogen) atoms. The van der Waals surface area contributed by atoms with Crippen LogP contribution in [0, 0.1) is 0 Å². The third kappa shape index (κ3) is 5.32. The average Bonchev–Trinajstić information content (AvgIpc) is 3.51. The van der Waals surface area contributed by atoms with Gasteiger partial charge in [-0.1, -0.05) is 12.1 Å². The van der Waals surface area contributed by atoms with Gasteiger partial charge < -0.3 is 24.8 Å². The van der Waals surface area contributed by atoms with Gasteiger partial charge in [-0.3, -0.25) is 14.4 Å². The van der Waals surface area contributed by atoms with Gasteiger partial charge in [-0.15, -0.1) is 11.3 Å². The molecule has 4 bridgehead atoms. The summed E-state index contributed by atoms with van der Waals surface area (Å²) in [5.41, 5.74) is 2.56. The molecule has 2 aliphatic heterocycles. The lowest BCUT2D eigenvalue weighted by Gasteiger charge is -2.21. The van der Waals surface area contributed by atoms with Gasteiger partial charge in [0.05, 0.1) is 24.4 Å². The summed E-state index contributed by atoms with van der Waals surface area (Å²) in [4.78, 5) is 40.2. The minimum atomic E-state index is -0.273. The molecular formula is C28H28N2O6S. The summed E-state index contributed by atoms with van der Waals surface area (Å²) in [5.74, 6) is 0.898. The number of hydrogen-bond donors (Lipinski definition) is 2. The van der Waals surface area contributed by atoms with Crippen LogP contribution in [0.15, 0.2) is 47.8 Å². The Bertz CT molecular complexity index is 1370. The number of methoxy groups -OCH3 is 1. The Kier molecular flexibility index (Phi) is 6.88. The molecule has 2 atom stereocenters. The number of nitrogens with one attached hydrogen (secondary N) is 1. The SMILES string of the molecule is COc1ccc2cc1Oc1cc(ccc1O)CCC(=O)N[C@@H]1CN(C(=O)Cc3csc(C(C)=O)c3)C[C@@H]21. The molecule has 0 aliphatic carbocycles. The molecule has 3 aromatic rings. The number of nitrogens with zero attached hydrogens (tertiary/aromatic N) is 1. The summed E-state index contributed by atoms with van der Waals surface area (Å²) in [6.07, 6.45) is 0.945. The van der Waals surface area contributed by atoms with E-state index in [0.29, 0.717) is 35.9 Å². The van der Waals surface area contributed by atoms with Crippen LogP contribution in [-0.4, -0.2) is 53.8 Å². The lowest BCUT2D eigenvalue weighted by Crippen LogP contribution is -2.40. The minimum Gasteiger partial charge on any atom is -0.504 e. The Labute approximate surface area is 218 Å². The summed E-state index contributed by atoms with van der Waals surface area (Å²) >= 11 is 1.34. The van der Waals surface area contributed by atoms with Gasteiger partial charge in [-0.05, 0) is 65.7 Å². The van der Waals surface area contributed by atoms with Gasteiger partial charge in [-0.2, -0.15) is 0 Å². The molecule has 8 nitrogen and oxygen atoms in total. The normalized spacial score (nSPS) is 19.0. The van der Waals surface area contributed by atoms with Crippen LogP contribution in [0.4, 0.5) is 0 Å². The Balaban J connectivity index is 1.45. The highest BCUT2D eigenvalue weighted by molar-refractivity contribution is 7.12. The first-order valence-electron chi connectivity index (χ1n) is 12.1. The Morgan fingerprint density at radius 3 is 2.73 bits per heavy atom. The van der Waals surface area contributed by atoms with E-state index < -0.39 is 0 Å². The maximum Gasteiger partial charge on any atom is 0.227 e. The average molecular weight is 521 g/mol. The number of amides is 2. The summed E-state index contributed by atoms with van der Waals surface area (Å²) in [6, 6.07) is 12.1. The number of benzene rings is 2. The van der Waals surface area contributed by atoms with Gasteiger partial charge >= 0.3 is 0 Å². The van der Waals surface area contributed by atoms with Gasteiger partial charge in [0.1, 0.15) is 0 Å². The molecule has 1 aromatic heterocycles. The highest BCUT2D eigenvalue weighted by atomic mass is 32.1. The van der Waals surface area contributed by atoms with Gasteiger partial charge in [0, 0.05) is 25.4 Å². The van der Waals surface area contributed by atoms with E-state index in [1.54, 1.807) is 42.3 Å².